The number of hydrogen-bond acceptors (Lipinski definition) is 3. The average molecular weight is 360 g/mol. The Hall–Kier alpha value is -2.34. The molecule has 2 aromatic carbocycles. The summed E-state index contributed by atoms with van der Waals surface area (Å²) < 4.78 is 25.9. The van der Waals surface area contributed by atoms with E-state index in [1.54, 1.807) is 6.07 Å². The lowest BCUT2D eigenvalue weighted by Gasteiger charge is -2.26. The molecule has 5 nitrogen and oxygen atoms in total. The summed E-state index contributed by atoms with van der Waals surface area (Å²) in [4.78, 5) is 12.5. The van der Waals surface area contributed by atoms with Gasteiger partial charge in [0.05, 0.1) is 11.9 Å². The van der Waals surface area contributed by atoms with Gasteiger partial charge in [-0.1, -0.05) is 43.3 Å². The van der Waals surface area contributed by atoms with Crippen LogP contribution < -0.4 is 9.62 Å². The molecule has 0 saturated carbocycles. The topological polar surface area (TPSA) is 66.5 Å². The second kappa shape index (κ2) is 7.70. The molecule has 0 radical (unpaired) electrons. The summed E-state index contributed by atoms with van der Waals surface area (Å²) in [6.45, 7) is 5.45. The first-order chi connectivity index (χ1) is 11.7. The van der Waals surface area contributed by atoms with Crippen LogP contribution >= 0.6 is 0 Å². The van der Waals surface area contributed by atoms with Crippen LogP contribution in [0.3, 0.4) is 0 Å². The summed E-state index contributed by atoms with van der Waals surface area (Å²) in [6.07, 6.45) is 1.81. The minimum atomic E-state index is -3.60. The van der Waals surface area contributed by atoms with Gasteiger partial charge in [0.15, 0.2) is 0 Å². The highest BCUT2D eigenvalue weighted by atomic mass is 32.2. The molecule has 0 aliphatic rings. The first-order valence-electron chi connectivity index (χ1n) is 8.15. The predicted octanol–water partition coefficient (Wildman–Crippen LogP) is 3.27. The summed E-state index contributed by atoms with van der Waals surface area (Å²) in [7, 11) is -3.60. The monoisotopic (exact) mass is 360 g/mol. The van der Waals surface area contributed by atoms with Gasteiger partial charge >= 0.3 is 0 Å². The van der Waals surface area contributed by atoms with E-state index in [0.717, 1.165) is 22.9 Å². The number of carbonyl (C=O) groups excluding carboxylic acids is 1. The van der Waals surface area contributed by atoms with E-state index in [1.165, 1.54) is 4.31 Å². The zero-order valence-electron chi connectivity index (χ0n) is 15.0. The predicted molar refractivity (Wildman–Crippen MR) is 103 cm³/mol. The Morgan fingerprint density at radius 2 is 1.68 bits per heavy atom. The zero-order chi connectivity index (χ0) is 18.6. The SMILES string of the molecule is CCc1cccc(C)c1N(CC(=O)Nc1ccccc1C)S(C)(=O)=O. The van der Waals surface area contributed by atoms with E-state index in [2.05, 4.69) is 5.32 Å². The highest BCUT2D eigenvalue weighted by Gasteiger charge is 2.24. The van der Waals surface area contributed by atoms with Crippen LogP contribution in [0.1, 0.15) is 23.6 Å². The Morgan fingerprint density at radius 1 is 1.04 bits per heavy atom. The van der Waals surface area contributed by atoms with Crippen LogP contribution in [-0.4, -0.2) is 27.1 Å². The first kappa shape index (κ1) is 19.0. The van der Waals surface area contributed by atoms with Gasteiger partial charge in [0.25, 0.3) is 0 Å². The largest absolute Gasteiger partial charge is 0.324 e. The van der Waals surface area contributed by atoms with Crippen LogP contribution in [0.5, 0.6) is 0 Å². The van der Waals surface area contributed by atoms with Crippen LogP contribution in [0.2, 0.25) is 0 Å². The van der Waals surface area contributed by atoms with E-state index < -0.39 is 10.0 Å². The summed E-state index contributed by atoms with van der Waals surface area (Å²) in [5, 5.41) is 2.79. The first-order valence-corrected chi connectivity index (χ1v) is 10.0. The van der Waals surface area contributed by atoms with Crippen LogP contribution in [0.15, 0.2) is 42.5 Å². The van der Waals surface area contributed by atoms with E-state index in [4.69, 9.17) is 0 Å². The molecule has 0 aliphatic heterocycles. The molecule has 0 fully saturated rings. The number of anilines is 2. The van der Waals surface area contributed by atoms with Gasteiger partial charge in [-0.05, 0) is 43.0 Å². The van der Waals surface area contributed by atoms with Crippen molar-refractivity contribution in [1.29, 1.82) is 0 Å². The number of carbonyl (C=O) groups is 1. The maximum atomic E-state index is 12.5. The molecule has 2 aromatic rings. The van der Waals surface area contributed by atoms with Gasteiger partial charge in [-0.2, -0.15) is 0 Å². The number of para-hydroxylation sites is 2. The van der Waals surface area contributed by atoms with Gasteiger partial charge in [0.2, 0.25) is 15.9 Å². The molecule has 2 rings (SSSR count). The fraction of sp³-hybridized carbons (Fsp3) is 0.316. The van der Waals surface area contributed by atoms with Gasteiger partial charge in [-0.3, -0.25) is 9.10 Å². The summed E-state index contributed by atoms with van der Waals surface area (Å²) in [5.74, 6) is -0.370. The van der Waals surface area contributed by atoms with Gasteiger partial charge in [0, 0.05) is 5.69 Å². The molecule has 0 spiro atoms. The number of sulfonamides is 1. The lowest BCUT2D eigenvalue weighted by molar-refractivity contribution is -0.114. The number of aryl methyl sites for hydroxylation is 3. The molecule has 0 atom stereocenters. The zero-order valence-corrected chi connectivity index (χ0v) is 15.9. The Morgan fingerprint density at radius 3 is 2.28 bits per heavy atom. The maximum Gasteiger partial charge on any atom is 0.245 e. The summed E-state index contributed by atoms with van der Waals surface area (Å²) >= 11 is 0. The molecule has 0 aromatic heterocycles. The normalized spacial score (nSPS) is 11.2. The molecular weight excluding hydrogens is 336 g/mol. The van der Waals surface area contributed by atoms with Crippen molar-refractivity contribution in [2.45, 2.75) is 27.2 Å². The summed E-state index contributed by atoms with van der Waals surface area (Å²) in [5.41, 5.74) is 3.92. The Balaban J connectivity index is 2.35. The van der Waals surface area contributed by atoms with Gasteiger partial charge in [0.1, 0.15) is 6.54 Å². The lowest BCUT2D eigenvalue weighted by Crippen LogP contribution is -2.38. The van der Waals surface area contributed by atoms with Crippen molar-refractivity contribution < 1.29 is 13.2 Å². The molecule has 25 heavy (non-hydrogen) atoms. The number of benzene rings is 2. The number of amides is 1. The van der Waals surface area contributed by atoms with E-state index in [1.807, 2.05) is 57.2 Å². The van der Waals surface area contributed by atoms with Crippen LogP contribution in [0, 0.1) is 13.8 Å². The number of rotatable bonds is 6. The number of nitrogens with one attached hydrogen (secondary N) is 1. The molecule has 1 N–H and O–H groups in total. The Labute approximate surface area is 149 Å². The third-order valence-corrected chi connectivity index (χ3v) is 5.17. The minimum absolute atomic E-state index is 0.259. The second-order valence-electron chi connectivity index (χ2n) is 6.07. The molecule has 0 saturated heterocycles. The van der Waals surface area contributed by atoms with Crippen molar-refractivity contribution in [2.24, 2.45) is 0 Å². The van der Waals surface area contributed by atoms with Gasteiger partial charge in [-0.25, -0.2) is 8.42 Å². The third kappa shape index (κ3) is 4.60. The quantitative estimate of drug-likeness (QED) is 0.860. The van der Waals surface area contributed by atoms with Gasteiger partial charge in [-0.15, -0.1) is 0 Å². The van der Waals surface area contributed by atoms with E-state index in [0.29, 0.717) is 17.8 Å². The smallest absolute Gasteiger partial charge is 0.245 e. The molecule has 0 bridgehead atoms. The van der Waals surface area contributed by atoms with Crippen LogP contribution in [0.25, 0.3) is 0 Å². The summed E-state index contributed by atoms with van der Waals surface area (Å²) in [6, 6.07) is 13.0. The minimum Gasteiger partial charge on any atom is -0.324 e. The highest BCUT2D eigenvalue weighted by Crippen LogP contribution is 2.28. The second-order valence-corrected chi connectivity index (χ2v) is 7.98. The van der Waals surface area contributed by atoms with Crippen molar-refractivity contribution in [2.75, 3.05) is 22.4 Å². The fourth-order valence-corrected chi connectivity index (χ4v) is 3.70. The van der Waals surface area contributed by atoms with E-state index in [9.17, 15) is 13.2 Å². The standard InChI is InChI=1S/C19H24N2O3S/c1-5-16-11-8-10-15(3)19(16)21(25(4,23)24)13-18(22)20-17-12-7-6-9-14(17)2/h6-12H,5,13H2,1-4H3,(H,20,22). The van der Waals surface area contributed by atoms with Crippen molar-refractivity contribution >= 4 is 27.3 Å². The molecule has 6 heteroatoms. The maximum absolute atomic E-state index is 12.5. The lowest BCUT2D eigenvalue weighted by atomic mass is 10.1. The van der Waals surface area contributed by atoms with Crippen molar-refractivity contribution in [1.82, 2.24) is 0 Å². The molecular formula is C19H24N2O3S. The number of nitrogens with zero attached hydrogens (tertiary/aromatic N) is 1. The van der Waals surface area contributed by atoms with Crippen LogP contribution in [0.4, 0.5) is 11.4 Å². The highest BCUT2D eigenvalue weighted by molar-refractivity contribution is 7.92. The Kier molecular flexibility index (Phi) is 5.85. The van der Waals surface area contributed by atoms with Crippen molar-refractivity contribution in [3.63, 3.8) is 0 Å². The Bertz CT molecular complexity index is 876. The average Bonchev–Trinajstić information content (AvgIpc) is 2.54. The molecule has 1 amide bonds. The van der Waals surface area contributed by atoms with Crippen LogP contribution in [-0.2, 0) is 21.2 Å². The fourth-order valence-electron chi connectivity index (χ4n) is 2.76. The van der Waals surface area contributed by atoms with E-state index >= 15 is 0 Å². The van der Waals surface area contributed by atoms with Gasteiger partial charge < -0.3 is 5.32 Å². The molecule has 0 aliphatic carbocycles. The number of hydrogen-bond donors (Lipinski definition) is 1. The third-order valence-electron chi connectivity index (χ3n) is 4.06. The van der Waals surface area contributed by atoms with E-state index in [-0.39, 0.29) is 12.5 Å². The van der Waals surface area contributed by atoms with Crippen molar-refractivity contribution in [3.05, 3.63) is 59.2 Å². The molecule has 0 unspecified atom stereocenters. The van der Waals surface area contributed by atoms with Crippen molar-refractivity contribution in [3.8, 4) is 0 Å². The molecule has 0 heterocycles. The molecule has 134 valence electrons.